The van der Waals surface area contributed by atoms with Crippen LogP contribution in [0.5, 0.6) is 0 Å². The maximum absolute atomic E-state index is 11.1. The van der Waals surface area contributed by atoms with Crippen LogP contribution < -0.4 is 5.32 Å². The number of carbonyl (C=O) groups is 1. The minimum atomic E-state index is 0.0803. The van der Waals surface area contributed by atoms with Crippen molar-refractivity contribution in [1.82, 2.24) is 10.2 Å². The van der Waals surface area contributed by atoms with Crippen LogP contribution in [-0.2, 0) is 9.53 Å². The Hall–Kier alpha value is -0.610. The van der Waals surface area contributed by atoms with E-state index in [1.165, 1.54) is 0 Å². The number of amides is 1. The fourth-order valence-electron chi connectivity index (χ4n) is 1.45. The van der Waals surface area contributed by atoms with E-state index in [9.17, 15) is 4.79 Å². The van der Waals surface area contributed by atoms with Gasteiger partial charge in [-0.1, -0.05) is 6.92 Å². The zero-order valence-electron chi connectivity index (χ0n) is 8.38. The Morgan fingerprint density at radius 3 is 3.08 bits per heavy atom. The number of nitrogens with zero attached hydrogens (tertiary/aromatic N) is 1. The molecule has 1 aliphatic heterocycles. The molecule has 1 rings (SSSR count). The molecule has 0 spiro atoms. The van der Waals surface area contributed by atoms with Gasteiger partial charge in [-0.25, -0.2) is 0 Å². The number of morpholine rings is 1. The van der Waals surface area contributed by atoms with Gasteiger partial charge in [0, 0.05) is 20.1 Å². The molecule has 0 bridgehead atoms. The summed E-state index contributed by atoms with van der Waals surface area (Å²) < 4.78 is 5.50. The van der Waals surface area contributed by atoms with Crippen LogP contribution in [0.25, 0.3) is 0 Å². The van der Waals surface area contributed by atoms with E-state index >= 15 is 0 Å². The topological polar surface area (TPSA) is 41.6 Å². The molecule has 13 heavy (non-hydrogen) atoms. The van der Waals surface area contributed by atoms with Crippen molar-refractivity contribution in [2.75, 3.05) is 33.3 Å². The molecular formula is C9H18N2O2. The van der Waals surface area contributed by atoms with Crippen LogP contribution in [0.15, 0.2) is 0 Å². The molecule has 76 valence electrons. The van der Waals surface area contributed by atoms with Crippen molar-refractivity contribution in [3.63, 3.8) is 0 Å². The largest absolute Gasteiger partial charge is 0.376 e. The summed E-state index contributed by atoms with van der Waals surface area (Å²) in [6.07, 6.45) is 1.32. The van der Waals surface area contributed by atoms with Gasteiger partial charge in [0.25, 0.3) is 0 Å². The molecule has 1 saturated heterocycles. The maximum Gasteiger partial charge on any atom is 0.233 e. The van der Waals surface area contributed by atoms with Gasteiger partial charge >= 0.3 is 0 Å². The number of hydrogen-bond acceptors (Lipinski definition) is 3. The van der Waals surface area contributed by atoms with Crippen LogP contribution in [0.3, 0.4) is 0 Å². The van der Waals surface area contributed by atoms with Gasteiger partial charge in [0.05, 0.1) is 19.3 Å². The number of carbonyl (C=O) groups excluding carboxylic acids is 1. The Bertz CT molecular complexity index is 173. The smallest absolute Gasteiger partial charge is 0.233 e. The van der Waals surface area contributed by atoms with Crippen molar-refractivity contribution in [3.8, 4) is 0 Å². The monoisotopic (exact) mass is 186 g/mol. The molecule has 0 aromatic carbocycles. The summed E-state index contributed by atoms with van der Waals surface area (Å²) in [5.74, 6) is 0.0803. The number of nitrogens with one attached hydrogen (secondary N) is 1. The summed E-state index contributed by atoms with van der Waals surface area (Å²) in [6.45, 7) is 5.09. The van der Waals surface area contributed by atoms with Crippen molar-refractivity contribution in [2.24, 2.45) is 0 Å². The maximum atomic E-state index is 11.1. The van der Waals surface area contributed by atoms with Crippen LogP contribution in [0.1, 0.15) is 13.3 Å². The van der Waals surface area contributed by atoms with Gasteiger partial charge in [0.1, 0.15) is 0 Å². The van der Waals surface area contributed by atoms with Gasteiger partial charge in [-0.05, 0) is 6.42 Å². The third kappa shape index (κ3) is 3.32. The Morgan fingerprint density at radius 2 is 2.46 bits per heavy atom. The van der Waals surface area contributed by atoms with E-state index in [1.807, 2.05) is 0 Å². The zero-order chi connectivity index (χ0) is 9.68. The Morgan fingerprint density at radius 1 is 1.69 bits per heavy atom. The average molecular weight is 186 g/mol. The van der Waals surface area contributed by atoms with Gasteiger partial charge < -0.3 is 10.1 Å². The first-order valence-corrected chi connectivity index (χ1v) is 4.80. The first kappa shape index (κ1) is 10.5. The summed E-state index contributed by atoms with van der Waals surface area (Å²) in [4.78, 5) is 13.2. The highest BCUT2D eigenvalue weighted by molar-refractivity contribution is 5.77. The Labute approximate surface area is 79.2 Å². The summed E-state index contributed by atoms with van der Waals surface area (Å²) in [7, 11) is 1.67. The highest BCUT2D eigenvalue weighted by atomic mass is 16.5. The van der Waals surface area contributed by atoms with Crippen molar-refractivity contribution in [3.05, 3.63) is 0 Å². The molecule has 1 unspecified atom stereocenters. The zero-order valence-corrected chi connectivity index (χ0v) is 8.38. The van der Waals surface area contributed by atoms with Gasteiger partial charge in [-0.15, -0.1) is 0 Å². The minimum Gasteiger partial charge on any atom is -0.376 e. The van der Waals surface area contributed by atoms with E-state index in [0.717, 1.165) is 26.1 Å². The highest BCUT2D eigenvalue weighted by Gasteiger charge is 2.19. The molecule has 0 radical (unpaired) electrons. The lowest BCUT2D eigenvalue weighted by atomic mass is 10.2. The van der Waals surface area contributed by atoms with Gasteiger partial charge in [0.15, 0.2) is 0 Å². The van der Waals surface area contributed by atoms with E-state index < -0.39 is 0 Å². The van der Waals surface area contributed by atoms with E-state index in [0.29, 0.717) is 12.6 Å². The second-order valence-corrected chi connectivity index (χ2v) is 3.31. The fraction of sp³-hybridized carbons (Fsp3) is 0.889. The lowest BCUT2D eigenvalue weighted by Crippen LogP contribution is -2.46. The number of ether oxygens (including phenoxy) is 1. The molecule has 1 atom stereocenters. The highest BCUT2D eigenvalue weighted by Crippen LogP contribution is 2.07. The quantitative estimate of drug-likeness (QED) is 0.666. The van der Waals surface area contributed by atoms with Crippen molar-refractivity contribution < 1.29 is 9.53 Å². The molecule has 1 heterocycles. The second-order valence-electron chi connectivity index (χ2n) is 3.31. The molecule has 0 saturated carbocycles. The third-order valence-electron chi connectivity index (χ3n) is 2.32. The minimum absolute atomic E-state index is 0.0803. The average Bonchev–Trinajstić information content (AvgIpc) is 2.18. The standard InChI is InChI=1S/C9H18N2O2/c1-3-8-6-11(4-5-13-8)7-9(12)10-2/h8H,3-7H2,1-2H3,(H,10,12). The summed E-state index contributed by atoms with van der Waals surface area (Å²) in [5, 5.41) is 2.62. The summed E-state index contributed by atoms with van der Waals surface area (Å²) >= 11 is 0. The molecule has 4 nitrogen and oxygen atoms in total. The lowest BCUT2D eigenvalue weighted by molar-refractivity contribution is -0.123. The molecule has 1 amide bonds. The number of likely N-dealkylation sites (N-methyl/N-ethyl adjacent to an activating group) is 1. The van der Waals surface area contributed by atoms with Gasteiger partial charge in [0.2, 0.25) is 5.91 Å². The molecular weight excluding hydrogens is 168 g/mol. The molecule has 0 aromatic heterocycles. The van der Waals surface area contributed by atoms with E-state index in [4.69, 9.17) is 4.74 Å². The number of rotatable bonds is 3. The normalized spacial score (nSPS) is 24.3. The van der Waals surface area contributed by atoms with Crippen LogP contribution >= 0.6 is 0 Å². The molecule has 1 N–H and O–H groups in total. The predicted octanol–water partition coefficient (Wildman–Crippen LogP) is -0.157. The summed E-state index contributed by atoms with van der Waals surface area (Å²) in [5.41, 5.74) is 0. The fourth-order valence-corrected chi connectivity index (χ4v) is 1.45. The van der Waals surface area contributed by atoms with Crippen LogP contribution in [0.2, 0.25) is 0 Å². The van der Waals surface area contributed by atoms with Gasteiger partial charge in [-0.2, -0.15) is 0 Å². The van der Waals surface area contributed by atoms with E-state index in [-0.39, 0.29) is 5.91 Å². The Balaban J connectivity index is 2.29. The molecule has 0 aromatic rings. The third-order valence-corrected chi connectivity index (χ3v) is 2.32. The molecule has 1 aliphatic rings. The molecule has 4 heteroatoms. The van der Waals surface area contributed by atoms with Crippen molar-refractivity contribution in [1.29, 1.82) is 0 Å². The first-order valence-electron chi connectivity index (χ1n) is 4.80. The summed E-state index contributed by atoms with van der Waals surface area (Å²) in [6, 6.07) is 0. The van der Waals surface area contributed by atoms with Gasteiger partial charge in [-0.3, -0.25) is 9.69 Å². The van der Waals surface area contributed by atoms with Crippen LogP contribution in [0.4, 0.5) is 0 Å². The predicted molar refractivity (Wildman–Crippen MR) is 50.5 cm³/mol. The van der Waals surface area contributed by atoms with Crippen molar-refractivity contribution >= 4 is 5.91 Å². The first-order chi connectivity index (χ1) is 6.26. The van der Waals surface area contributed by atoms with Crippen LogP contribution in [0, 0.1) is 0 Å². The Kier molecular flexibility index (Phi) is 4.18. The van der Waals surface area contributed by atoms with E-state index in [1.54, 1.807) is 7.05 Å². The number of hydrogen-bond donors (Lipinski definition) is 1. The van der Waals surface area contributed by atoms with Crippen molar-refractivity contribution in [2.45, 2.75) is 19.4 Å². The van der Waals surface area contributed by atoms with E-state index in [2.05, 4.69) is 17.1 Å². The van der Waals surface area contributed by atoms with Crippen LogP contribution in [-0.4, -0.2) is 50.2 Å². The SMILES string of the molecule is CCC1CN(CC(=O)NC)CCO1. The molecule has 1 fully saturated rings. The second kappa shape index (κ2) is 5.19. The lowest BCUT2D eigenvalue weighted by Gasteiger charge is -2.31. The molecule has 0 aliphatic carbocycles.